The standard InChI is InChI=1S/C14H22N2O2/c1-12(14(17)18)11-16(10-9-15(2)3)13-7-5-4-6-8-13/h4-8,12H,9-11H2,1-3H3,(H,17,18). The summed E-state index contributed by atoms with van der Waals surface area (Å²) >= 11 is 0. The highest BCUT2D eigenvalue weighted by Crippen LogP contribution is 2.15. The van der Waals surface area contributed by atoms with Crippen molar-refractivity contribution in [1.82, 2.24) is 4.90 Å². The van der Waals surface area contributed by atoms with Crippen molar-refractivity contribution in [1.29, 1.82) is 0 Å². The zero-order valence-electron chi connectivity index (χ0n) is 11.3. The van der Waals surface area contributed by atoms with E-state index in [1.165, 1.54) is 0 Å². The molecule has 1 N–H and O–H groups in total. The fourth-order valence-corrected chi connectivity index (χ4v) is 1.69. The van der Waals surface area contributed by atoms with Crippen LogP contribution in [0.15, 0.2) is 30.3 Å². The van der Waals surface area contributed by atoms with Crippen LogP contribution in [0.1, 0.15) is 6.92 Å². The number of anilines is 1. The van der Waals surface area contributed by atoms with Gasteiger partial charge < -0.3 is 14.9 Å². The van der Waals surface area contributed by atoms with Crippen molar-refractivity contribution in [3.63, 3.8) is 0 Å². The molecule has 4 heteroatoms. The lowest BCUT2D eigenvalue weighted by Crippen LogP contribution is -2.36. The summed E-state index contributed by atoms with van der Waals surface area (Å²) in [4.78, 5) is 15.2. The first-order valence-corrected chi connectivity index (χ1v) is 6.18. The second-order valence-electron chi connectivity index (χ2n) is 4.82. The van der Waals surface area contributed by atoms with Crippen LogP contribution in [0.2, 0.25) is 0 Å². The lowest BCUT2D eigenvalue weighted by molar-refractivity contribution is -0.140. The van der Waals surface area contributed by atoms with Gasteiger partial charge in [-0.3, -0.25) is 4.79 Å². The number of carbonyl (C=O) groups is 1. The predicted molar refractivity (Wildman–Crippen MR) is 74.0 cm³/mol. The summed E-state index contributed by atoms with van der Waals surface area (Å²) in [5, 5.41) is 9.02. The molecule has 0 saturated carbocycles. The molecule has 100 valence electrons. The highest BCUT2D eigenvalue weighted by molar-refractivity contribution is 5.70. The molecule has 0 radical (unpaired) electrons. The van der Waals surface area contributed by atoms with E-state index in [1.54, 1.807) is 6.92 Å². The van der Waals surface area contributed by atoms with Gasteiger partial charge in [-0.05, 0) is 26.2 Å². The third kappa shape index (κ3) is 4.75. The van der Waals surface area contributed by atoms with Gasteiger partial charge in [-0.15, -0.1) is 0 Å². The maximum absolute atomic E-state index is 11.0. The van der Waals surface area contributed by atoms with E-state index in [0.717, 1.165) is 18.8 Å². The Labute approximate surface area is 109 Å². The van der Waals surface area contributed by atoms with Crippen LogP contribution in [-0.4, -0.2) is 49.7 Å². The summed E-state index contributed by atoms with van der Waals surface area (Å²) in [6, 6.07) is 9.95. The van der Waals surface area contributed by atoms with Crippen LogP contribution in [0.3, 0.4) is 0 Å². The number of carboxylic acid groups (broad SMARTS) is 1. The predicted octanol–water partition coefficient (Wildman–Crippen LogP) is 1.78. The molecule has 4 nitrogen and oxygen atoms in total. The molecule has 1 unspecified atom stereocenters. The van der Waals surface area contributed by atoms with E-state index in [4.69, 9.17) is 5.11 Å². The van der Waals surface area contributed by atoms with Crippen molar-refractivity contribution < 1.29 is 9.90 Å². The molecule has 0 amide bonds. The van der Waals surface area contributed by atoms with Crippen LogP contribution in [0, 0.1) is 5.92 Å². The van der Waals surface area contributed by atoms with E-state index in [2.05, 4.69) is 9.80 Å². The smallest absolute Gasteiger partial charge is 0.308 e. The van der Waals surface area contributed by atoms with Gasteiger partial charge in [0.2, 0.25) is 0 Å². The van der Waals surface area contributed by atoms with Gasteiger partial charge in [-0.1, -0.05) is 25.1 Å². The molecule has 1 aromatic rings. The highest BCUT2D eigenvalue weighted by Gasteiger charge is 2.16. The van der Waals surface area contributed by atoms with Gasteiger partial charge >= 0.3 is 5.97 Å². The highest BCUT2D eigenvalue weighted by atomic mass is 16.4. The first-order chi connectivity index (χ1) is 8.50. The quantitative estimate of drug-likeness (QED) is 0.801. The van der Waals surface area contributed by atoms with Crippen LogP contribution in [-0.2, 0) is 4.79 Å². The fourth-order valence-electron chi connectivity index (χ4n) is 1.69. The minimum Gasteiger partial charge on any atom is -0.481 e. The van der Waals surface area contributed by atoms with Crippen molar-refractivity contribution in [2.45, 2.75) is 6.92 Å². The van der Waals surface area contributed by atoms with Crippen LogP contribution >= 0.6 is 0 Å². The Balaban J connectivity index is 2.72. The summed E-state index contributed by atoms with van der Waals surface area (Å²) in [6.07, 6.45) is 0. The number of para-hydroxylation sites is 1. The number of rotatable bonds is 7. The van der Waals surface area contributed by atoms with Crippen LogP contribution in [0.25, 0.3) is 0 Å². The number of nitrogens with zero attached hydrogens (tertiary/aromatic N) is 2. The number of aliphatic carboxylic acids is 1. The molecular weight excluding hydrogens is 228 g/mol. The van der Waals surface area contributed by atoms with Crippen molar-refractivity contribution in [3.8, 4) is 0 Å². The molecule has 0 aliphatic carbocycles. The number of hydrogen-bond donors (Lipinski definition) is 1. The van der Waals surface area contributed by atoms with E-state index in [-0.39, 0.29) is 5.92 Å². The molecule has 18 heavy (non-hydrogen) atoms. The van der Waals surface area contributed by atoms with E-state index in [1.807, 2.05) is 44.4 Å². The molecule has 0 fully saturated rings. The zero-order valence-corrected chi connectivity index (χ0v) is 11.3. The lowest BCUT2D eigenvalue weighted by Gasteiger charge is -2.28. The van der Waals surface area contributed by atoms with Gasteiger partial charge in [-0.25, -0.2) is 0 Å². The maximum atomic E-state index is 11.0. The average molecular weight is 250 g/mol. The third-order valence-electron chi connectivity index (χ3n) is 2.85. The number of likely N-dealkylation sites (N-methyl/N-ethyl adjacent to an activating group) is 1. The van der Waals surface area contributed by atoms with E-state index in [0.29, 0.717) is 6.54 Å². The summed E-state index contributed by atoms with van der Waals surface area (Å²) in [6.45, 7) is 4.01. The van der Waals surface area contributed by atoms with Gasteiger partial charge in [0.25, 0.3) is 0 Å². The maximum Gasteiger partial charge on any atom is 0.308 e. The average Bonchev–Trinajstić information content (AvgIpc) is 2.34. The van der Waals surface area contributed by atoms with Crippen molar-refractivity contribution in [2.24, 2.45) is 5.92 Å². The van der Waals surface area contributed by atoms with Gasteiger partial charge in [-0.2, -0.15) is 0 Å². The molecule has 1 rings (SSSR count). The van der Waals surface area contributed by atoms with E-state index < -0.39 is 5.97 Å². The van der Waals surface area contributed by atoms with Gasteiger partial charge in [0, 0.05) is 25.3 Å². The Morgan fingerprint density at radius 1 is 1.22 bits per heavy atom. The van der Waals surface area contributed by atoms with Gasteiger partial charge in [0.1, 0.15) is 0 Å². The molecule has 0 aromatic heterocycles. The largest absolute Gasteiger partial charge is 0.481 e. The molecule has 0 heterocycles. The Kier molecular flexibility index (Phi) is 5.65. The minimum atomic E-state index is -0.749. The SMILES string of the molecule is CC(CN(CCN(C)C)c1ccccc1)C(=O)O. The van der Waals surface area contributed by atoms with Crippen molar-refractivity contribution in [2.75, 3.05) is 38.6 Å². The third-order valence-corrected chi connectivity index (χ3v) is 2.85. The lowest BCUT2D eigenvalue weighted by atomic mass is 10.1. The van der Waals surface area contributed by atoms with Crippen molar-refractivity contribution >= 4 is 11.7 Å². The Morgan fingerprint density at radius 2 is 1.83 bits per heavy atom. The summed E-state index contributed by atoms with van der Waals surface area (Å²) in [7, 11) is 4.04. The van der Waals surface area contributed by atoms with Crippen LogP contribution < -0.4 is 4.90 Å². The Bertz CT molecular complexity index is 365. The van der Waals surface area contributed by atoms with Crippen LogP contribution in [0.4, 0.5) is 5.69 Å². The zero-order chi connectivity index (χ0) is 13.5. The normalized spacial score (nSPS) is 12.4. The second kappa shape index (κ2) is 7.01. The first-order valence-electron chi connectivity index (χ1n) is 6.18. The number of carboxylic acids is 1. The molecule has 0 bridgehead atoms. The second-order valence-corrected chi connectivity index (χ2v) is 4.82. The van der Waals surface area contributed by atoms with Crippen LogP contribution in [0.5, 0.6) is 0 Å². The molecule has 0 saturated heterocycles. The summed E-state index contributed by atoms with van der Waals surface area (Å²) < 4.78 is 0. The number of benzene rings is 1. The molecule has 0 aliphatic heterocycles. The minimum absolute atomic E-state index is 0.368. The van der Waals surface area contributed by atoms with Gasteiger partial charge in [0.05, 0.1) is 5.92 Å². The Hall–Kier alpha value is -1.55. The topological polar surface area (TPSA) is 43.8 Å². The molecule has 1 aromatic carbocycles. The molecule has 0 aliphatic rings. The molecule has 0 spiro atoms. The van der Waals surface area contributed by atoms with E-state index >= 15 is 0 Å². The first kappa shape index (κ1) is 14.5. The molecular formula is C14H22N2O2. The fraction of sp³-hybridized carbons (Fsp3) is 0.500. The Morgan fingerprint density at radius 3 is 2.33 bits per heavy atom. The summed E-state index contributed by atoms with van der Waals surface area (Å²) in [5.74, 6) is -1.12. The monoisotopic (exact) mass is 250 g/mol. The molecule has 1 atom stereocenters. The number of hydrogen-bond acceptors (Lipinski definition) is 3. The van der Waals surface area contributed by atoms with E-state index in [9.17, 15) is 4.79 Å². The van der Waals surface area contributed by atoms with Gasteiger partial charge in [0.15, 0.2) is 0 Å². The summed E-state index contributed by atoms with van der Waals surface area (Å²) in [5.41, 5.74) is 1.08. The van der Waals surface area contributed by atoms with Crippen molar-refractivity contribution in [3.05, 3.63) is 30.3 Å².